The molecule has 44 heavy (non-hydrogen) atoms. The molecule has 228 valence electrons. The van der Waals surface area contributed by atoms with Gasteiger partial charge < -0.3 is 25.2 Å². The van der Waals surface area contributed by atoms with Gasteiger partial charge in [0.05, 0.1) is 24.3 Å². The summed E-state index contributed by atoms with van der Waals surface area (Å²) in [5.41, 5.74) is 2.68. The van der Waals surface area contributed by atoms with Crippen LogP contribution in [0.3, 0.4) is 0 Å². The van der Waals surface area contributed by atoms with E-state index in [9.17, 15) is 33.0 Å². The van der Waals surface area contributed by atoms with Crippen molar-refractivity contribution in [2.45, 2.75) is 57.8 Å². The second kappa shape index (κ2) is 15.5. The van der Waals surface area contributed by atoms with Crippen LogP contribution >= 0.6 is 0 Å². The van der Waals surface area contributed by atoms with Crippen molar-refractivity contribution in [3.8, 4) is 22.3 Å². The van der Waals surface area contributed by atoms with E-state index >= 15 is 0 Å². The minimum absolute atomic E-state index is 0. The molecule has 1 heterocycles. The number of nitrogens with one attached hydrogen (secondary N) is 1. The summed E-state index contributed by atoms with van der Waals surface area (Å²) in [6.07, 6.45) is -2.75. The van der Waals surface area contributed by atoms with Crippen molar-refractivity contribution in [1.82, 2.24) is 4.57 Å². The average molecular weight is 619 g/mol. The molecule has 0 aliphatic heterocycles. The first-order valence-corrected chi connectivity index (χ1v) is 13.9. The molecule has 4 rings (SSSR count). The number of amides is 1. The molecule has 4 N–H and O–H groups in total. The average Bonchev–Trinajstić information content (AvgIpc) is 3.29. The zero-order valence-corrected chi connectivity index (χ0v) is 23.7. The summed E-state index contributed by atoms with van der Waals surface area (Å²) in [7, 11) is 0. The first kappa shape index (κ1) is 35.1. The van der Waals surface area contributed by atoms with Gasteiger partial charge in [-0.2, -0.15) is 0 Å². The Bertz CT molecular complexity index is 1590. The van der Waals surface area contributed by atoms with Crippen LogP contribution in [-0.2, 0) is 11.2 Å². The SMILES string of the molecule is CC(C)n1c(CC[C@@H](O)C[C@@H](O)CC(=O)O)c(-c2ccc(F)cc2)c(-c2ccc(F)cc2)c1C(=O)Nc1ccccc1F.[NaH]. The van der Waals surface area contributed by atoms with Gasteiger partial charge in [0, 0.05) is 22.9 Å². The van der Waals surface area contributed by atoms with Gasteiger partial charge in [-0.3, -0.25) is 9.59 Å². The Morgan fingerprint density at radius 1 is 0.818 bits per heavy atom. The van der Waals surface area contributed by atoms with Crippen molar-refractivity contribution in [2.24, 2.45) is 0 Å². The zero-order chi connectivity index (χ0) is 31.3. The number of carboxylic acid groups (broad SMARTS) is 1. The van der Waals surface area contributed by atoms with Crippen LogP contribution in [0.1, 0.15) is 55.3 Å². The van der Waals surface area contributed by atoms with E-state index in [4.69, 9.17) is 5.11 Å². The summed E-state index contributed by atoms with van der Waals surface area (Å²) in [6.45, 7) is 3.69. The standard InChI is InChI=1S/C33H33F3N2O5.Na.H/c1-19(2)38-28(16-15-24(39)17-25(40)18-29(41)42)30(20-7-11-22(34)12-8-20)31(21-9-13-23(35)14-10-21)32(38)33(43)37-27-6-4-3-5-26(27)36;;/h3-14,19,24-25,39-40H,15-18H2,1-2H3,(H,37,43)(H,41,42);;/t24-,25-;;/m1../s1. The van der Waals surface area contributed by atoms with Gasteiger partial charge in [0.2, 0.25) is 0 Å². The Kier molecular flexibility index (Phi) is 12.4. The predicted molar refractivity (Wildman–Crippen MR) is 164 cm³/mol. The third kappa shape index (κ3) is 8.40. The third-order valence-corrected chi connectivity index (χ3v) is 7.10. The number of para-hydroxylation sites is 1. The van der Waals surface area contributed by atoms with E-state index in [-0.39, 0.29) is 66.2 Å². The number of carboxylic acids is 1. The van der Waals surface area contributed by atoms with E-state index in [1.807, 2.05) is 13.8 Å². The molecule has 2 atom stereocenters. The Morgan fingerprint density at radius 2 is 1.36 bits per heavy atom. The summed E-state index contributed by atoms with van der Waals surface area (Å²) >= 11 is 0. The van der Waals surface area contributed by atoms with Crippen LogP contribution < -0.4 is 5.32 Å². The van der Waals surface area contributed by atoms with Crippen molar-refractivity contribution in [3.63, 3.8) is 0 Å². The molecule has 0 saturated heterocycles. The Hall–Kier alpha value is -3.41. The van der Waals surface area contributed by atoms with Crippen LogP contribution in [0.5, 0.6) is 0 Å². The Morgan fingerprint density at radius 3 is 1.89 bits per heavy atom. The first-order valence-electron chi connectivity index (χ1n) is 13.9. The summed E-state index contributed by atoms with van der Waals surface area (Å²) in [5, 5.41) is 32.4. The van der Waals surface area contributed by atoms with Crippen LogP contribution in [0.15, 0.2) is 72.8 Å². The maximum atomic E-state index is 14.6. The molecule has 7 nitrogen and oxygen atoms in total. The van der Waals surface area contributed by atoms with Crippen LogP contribution in [0.2, 0.25) is 0 Å². The number of aliphatic hydroxyl groups is 2. The van der Waals surface area contributed by atoms with Gasteiger partial charge in [0.1, 0.15) is 23.1 Å². The van der Waals surface area contributed by atoms with Gasteiger partial charge in [-0.05, 0) is 80.6 Å². The number of hydrogen-bond donors (Lipinski definition) is 4. The number of anilines is 1. The van der Waals surface area contributed by atoms with E-state index in [1.54, 1.807) is 22.8 Å². The molecule has 3 aromatic carbocycles. The van der Waals surface area contributed by atoms with Crippen LogP contribution in [0.4, 0.5) is 18.9 Å². The first-order chi connectivity index (χ1) is 20.5. The van der Waals surface area contributed by atoms with E-state index < -0.39 is 48.0 Å². The fourth-order valence-corrected chi connectivity index (χ4v) is 5.27. The molecule has 0 fully saturated rings. The number of carbonyl (C=O) groups is 2. The van der Waals surface area contributed by atoms with E-state index in [2.05, 4.69) is 5.32 Å². The fraction of sp³-hybridized carbons (Fsp3) is 0.273. The number of rotatable bonds is 12. The van der Waals surface area contributed by atoms with Crippen LogP contribution in [0.25, 0.3) is 22.3 Å². The van der Waals surface area contributed by atoms with Crippen LogP contribution in [-0.4, -0.2) is 73.5 Å². The number of carbonyl (C=O) groups excluding carboxylic acids is 1. The van der Waals surface area contributed by atoms with Gasteiger partial charge in [0.25, 0.3) is 5.91 Å². The molecule has 0 aliphatic carbocycles. The van der Waals surface area contributed by atoms with Gasteiger partial charge in [0.15, 0.2) is 0 Å². The molecule has 0 aliphatic rings. The van der Waals surface area contributed by atoms with Crippen molar-refractivity contribution < 1.29 is 38.1 Å². The summed E-state index contributed by atoms with van der Waals surface area (Å²) in [5.74, 6) is -3.43. The molecule has 11 heteroatoms. The van der Waals surface area contributed by atoms with Gasteiger partial charge >= 0.3 is 35.5 Å². The normalized spacial score (nSPS) is 12.5. The number of halogens is 3. The van der Waals surface area contributed by atoms with Crippen molar-refractivity contribution in [2.75, 3.05) is 5.32 Å². The number of aliphatic carboxylic acids is 1. The van der Waals surface area contributed by atoms with Gasteiger partial charge in [-0.1, -0.05) is 36.4 Å². The van der Waals surface area contributed by atoms with Crippen molar-refractivity contribution >= 4 is 47.1 Å². The number of benzene rings is 3. The molecular weight excluding hydrogens is 584 g/mol. The van der Waals surface area contributed by atoms with Crippen molar-refractivity contribution in [1.29, 1.82) is 0 Å². The van der Waals surface area contributed by atoms with Crippen molar-refractivity contribution in [3.05, 3.63) is 102 Å². The molecular formula is C33H34F3N2NaO5. The van der Waals surface area contributed by atoms with E-state index in [0.29, 0.717) is 27.9 Å². The molecule has 0 bridgehead atoms. The summed E-state index contributed by atoms with van der Waals surface area (Å²) in [4.78, 5) is 25.0. The Balaban J connectivity index is 0.00000529. The number of aliphatic hydroxyl groups excluding tert-OH is 2. The second-order valence-electron chi connectivity index (χ2n) is 10.6. The summed E-state index contributed by atoms with van der Waals surface area (Å²) < 4.78 is 44.4. The van der Waals surface area contributed by atoms with E-state index in [1.165, 1.54) is 54.6 Å². The molecule has 0 unspecified atom stereocenters. The molecule has 4 aromatic rings. The molecule has 0 radical (unpaired) electrons. The number of aromatic nitrogens is 1. The quantitative estimate of drug-likeness (QED) is 0.147. The topological polar surface area (TPSA) is 112 Å². The maximum absolute atomic E-state index is 14.6. The zero-order valence-electron chi connectivity index (χ0n) is 23.7. The third-order valence-electron chi connectivity index (χ3n) is 7.10. The molecule has 0 spiro atoms. The minimum atomic E-state index is -1.25. The number of hydrogen-bond acceptors (Lipinski definition) is 4. The fourth-order valence-electron chi connectivity index (χ4n) is 5.27. The predicted octanol–water partition coefficient (Wildman–Crippen LogP) is 5.94. The molecule has 1 amide bonds. The van der Waals surface area contributed by atoms with Gasteiger partial charge in [-0.15, -0.1) is 0 Å². The Labute approximate surface area is 275 Å². The van der Waals surface area contributed by atoms with E-state index in [0.717, 1.165) is 0 Å². The van der Waals surface area contributed by atoms with Crippen LogP contribution in [0, 0.1) is 17.5 Å². The molecule has 1 aromatic heterocycles. The van der Waals surface area contributed by atoms with Gasteiger partial charge in [-0.25, -0.2) is 13.2 Å². The summed E-state index contributed by atoms with van der Waals surface area (Å²) in [6, 6.07) is 16.6. The number of nitrogens with zero attached hydrogens (tertiary/aromatic N) is 1. The molecule has 0 saturated carbocycles. The monoisotopic (exact) mass is 618 g/mol. The second-order valence-corrected chi connectivity index (χ2v) is 10.6.